The van der Waals surface area contributed by atoms with E-state index in [2.05, 4.69) is 17.2 Å². The van der Waals surface area contributed by atoms with E-state index in [0.717, 1.165) is 11.3 Å². The molecule has 0 radical (unpaired) electrons. The van der Waals surface area contributed by atoms with Crippen molar-refractivity contribution in [3.8, 4) is 11.8 Å². The first kappa shape index (κ1) is 15.1. The Balaban J connectivity index is 1.54. The van der Waals surface area contributed by atoms with E-state index in [-0.39, 0.29) is 18.5 Å². The maximum Gasteiger partial charge on any atom is 0.414 e. The summed E-state index contributed by atoms with van der Waals surface area (Å²) in [7, 11) is 0. The van der Waals surface area contributed by atoms with Crippen molar-refractivity contribution in [1.82, 2.24) is 5.32 Å². The molecule has 1 saturated heterocycles. The molecular weight excluding hydrogens is 312 g/mol. The van der Waals surface area contributed by atoms with Crippen molar-refractivity contribution in [3.63, 3.8) is 0 Å². The predicted octanol–water partition coefficient (Wildman–Crippen LogP) is 2.49. The maximum absolute atomic E-state index is 11.7. The van der Waals surface area contributed by atoms with Crippen LogP contribution in [0.5, 0.6) is 0 Å². The summed E-state index contributed by atoms with van der Waals surface area (Å²) in [5, 5.41) is 4.61. The van der Waals surface area contributed by atoms with Crippen LogP contribution in [-0.2, 0) is 4.74 Å². The Bertz CT molecular complexity index is 757. The lowest BCUT2D eigenvalue weighted by atomic mass is 10.2. The van der Waals surface area contributed by atoms with Crippen LogP contribution in [0, 0.1) is 11.8 Å². The molecule has 1 aliphatic rings. The summed E-state index contributed by atoms with van der Waals surface area (Å²) in [5.74, 6) is 5.77. The molecule has 1 N–H and O–H groups in total. The number of cyclic esters (lactones) is 1. The Kier molecular flexibility index (Phi) is 4.60. The Hall–Kier alpha value is -2.78. The molecule has 3 rings (SSSR count). The van der Waals surface area contributed by atoms with Crippen LogP contribution in [0.2, 0.25) is 0 Å². The number of nitrogens with zero attached hydrogens (tertiary/aromatic N) is 1. The summed E-state index contributed by atoms with van der Waals surface area (Å²) in [4.78, 5) is 25.4. The van der Waals surface area contributed by atoms with E-state index >= 15 is 0 Å². The summed E-state index contributed by atoms with van der Waals surface area (Å²) in [6.45, 7) is 1.28. The Labute approximate surface area is 137 Å². The van der Waals surface area contributed by atoms with Crippen molar-refractivity contribution in [2.75, 3.05) is 24.6 Å². The van der Waals surface area contributed by atoms with E-state index < -0.39 is 0 Å². The van der Waals surface area contributed by atoms with E-state index in [1.54, 1.807) is 11.0 Å². The molecule has 0 saturated carbocycles. The quantitative estimate of drug-likeness (QED) is 0.882. The number of amides is 2. The average molecular weight is 326 g/mol. The standard InChI is InChI=1S/C17H14N2O3S/c20-16(15-4-2-12-23-15)18-9-1-3-13-5-7-14(8-6-13)19-10-11-22-17(19)21/h2,4-8,12H,9-11H2,(H,18,20). The molecule has 1 aromatic carbocycles. The Morgan fingerprint density at radius 1 is 1.30 bits per heavy atom. The smallest absolute Gasteiger partial charge is 0.414 e. The first-order chi connectivity index (χ1) is 11.2. The molecule has 5 nitrogen and oxygen atoms in total. The first-order valence-electron chi connectivity index (χ1n) is 7.09. The molecule has 0 atom stereocenters. The van der Waals surface area contributed by atoms with Crippen molar-refractivity contribution < 1.29 is 14.3 Å². The molecule has 0 bridgehead atoms. The second kappa shape index (κ2) is 6.99. The van der Waals surface area contributed by atoms with Crippen LogP contribution in [0.15, 0.2) is 41.8 Å². The fourth-order valence-corrected chi connectivity index (χ4v) is 2.76. The monoisotopic (exact) mass is 326 g/mol. The zero-order chi connectivity index (χ0) is 16.1. The normalized spacial score (nSPS) is 13.2. The summed E-state index contributed by atoms with van der Waals surface area (Å²) >= 11 is 1.40. The first-order valence-corrected chi connectivity index (χ1v) is 7.97. The highest BCUT2D eigenvalue weighted by molar-refractivity contribution is 7.12. The molecular formula is C17H14N2O3S. The number of carbonyl (C=O) groups is 2. The third-order valence-corrected chi connectivity index (χ3v) is 4.12. The molecule has 2 amide bonds. The fourth-order valence-electron chi connectivity index (χ4n) is 2.12. The van der Waals surface area contributed by atoms with Crippen molar-refractivity contribution in [3.05, 3.63) is 52.2 Å². The van der Waals surface area contributed by atoms with Crippen molar-refractivity contribution >= 4 is 29.0 Å². The van der Waals surface area contributed by atoms with Gasteiger partial charge in [-0.25, -0.2) is 4.79 Å². The molecule has 1 fully saturated rings. The Morgan fingerprint density at radius 2 is 2.13 bits per heavy atom. The van der Waals surface area contributed by atoms with Gasteiger partial charge in [0.05, 0.1) is 18.0 Å². The molecule has 2 aromatic rings. The van der Waals surface area contributed by atoms with Crippen LogP contribution in [0.4, 0.5) is 10.5 Å². The predicted molar refractivity (Wildman–Crippen MR) is 88.7 cm³/mol. The number of hydrogen-bond donors (Lipinski definition) is 1. The minimum atomic E-state index is -0.319. The fraction of sp³-hybridized carbons (Fsp3) is 0.176. The molecule has 6 heteroatoms. The topological polar surface area (TPSA) is 58.6 Å². The molecule has 0 aliphatic carbocycles. The number of nitrogens with one attached hydrogen (secondary N) is 1. The van der Waals surface area contributed by atoms with Crippen LogP contribution in [0.1, 0.15) is 15.2 Å². The molecule has 23 heavy (non-hydrogen) atoms. The van der Waals surface area contributed by atoms with Crippen LogP contribution in [0.25, 0.3) is 0 Å². The van der Waals surface area contributed by atoms with Gasteiger partial charge in [-0.2, -0.15) is 0 Å². The van der Waals surface area contributed by atoms with Crippen LogP contribution in [0.3, 0.4) is 0 Å². The van der Waals surface area contributed by atoms with Gasteiger partial charge in [0.25, 0.3) is 5.91 Å². The van der Waals surface area contributed by atoms with Crippen molar-refractivity contribution in [1.29, 1.82) is 0 Å². The highest BCUT2D eigenvalue weighted by atomic mass is 32.1. The van der Waals surface area contributed by atoms with Crippen molar-refractivity contribution in [2.45, 2.75) is 0 Å². The molecule has 2 heterocycles. The van der Waals surface area contributed by atoms with Gasteiger partial charge in [-0.05, 0) is 35.7 Å². The molecule has 116 valence electrons. The minimum absolute atomic E-state index is 0.114. The zero-order valence-corrected chi connectivity index (χ0v) is 13.1. The number of ether oxygens (including phenoxy) is 1. The van der Waals surface area contributed by atoms with Gasteiger partial charge in [0.15, 0.2) is 0 Å². The van der Waals surface area contributed by atoms with Gasteiger partial charge >= 0.3 is 6.09 Å². The van der Waals surface area contributed by atoms with Crippen molar-refractivity contribution in [2.24, 2.45) is 0 Å². The number of carbonyl (C=O) groups excluding carboxylic acids is 2. The van der Waals surface area contributed by atoms with Crippen LogP contribution >= 0.6 is 11.3 Å². The molecule has 1 aromatic heterocycles. The highest BCUT2D eigenvalue weighted by Gasteiger charge is 2.23. The van der Waals surface area contributed by atoms with Gasteiger partial charge in [0.1, 0.15) is 6.61 Å². The van der Waals surface area contributed by atoms with Gasteiger partial charge in [-0.3, -0.25) is 9.69 Å². The SMILES string of the molecule is O=C(NCC#Cc1ccc(N2CCOC2=O)cc1)c1cccs1. The second-order valence-corrected chi connectivity index (χ2v) is 5.72. The highest BCUT2D eigenvalue weighted by Crippen LogP contribution is 2.18. The van der Waals surface area contributed by atoms with Gasteiger partial charge in [-0.15, -0.1) is 11.3 Å². The maximum atomic E-state index is 11.7. The zero-order valence-electron chi connectivity index (χ0n) is 12.2. The summed E-state index contributed by atoms with van der Waals surface area (Å²) in [6, 6.07) is 11.0. The summed E-state index contributed by atoms with van der Waals surface area (Å²) < 4.78 is 4.90. The molecule has 1 aliphatic heterocycles. The second-order valence-electron chi connectivity index (χ2n) is 4.77. The lowest BCUT2D eigenvalue weighted by molar-refractivity contribution is 0.0962. The van der Waals surface area contributed by atoms with E-state index in [0.29, 0.717) is 18.0 Å². The van der Waals surface area contributed by atoms with Gasteiger partial charge < -0.3 is 10.1 Å². The van der Waals surface area contributed by atoms with Crippen LogP contribution < -0.4 is 10.2 Å². The number of rotatable bonds is 3. The third kappa shape index (κ3) is 3.71. The summed E-state index contributed by atoms with van der Waals surface area (Å²) in [5.41, 5.74) is 1.62. The molecule has 0 spiro atoms. The van der Waals surface area contributed by atoms with E-state index in [9.17, 15) is 9.59 Å². The number of thiophene rings is 1. The average Bonchev–Trinajstić information content (AvgIpc) is 3.23. The van der Waals surface area contributed by atoms with Crippen LogP contribution in [-0.4, -0.2) is 31.7 Å². The van der Waals surface area contributed by atoms with E-state index in [1.165, 1.54) is 11.3 Å². The van der Waals surface area contributed by atoms with Gasteiger partial charge in [-0.1, -0.05) is 17.9 Å². The molecule has 0 unspecified atom stereocenters. The lowest BCUT2D eigenvalue weighted by Gasteiger charge is -2.11. The number of benzene rings is 1. The third-order valence-electron chi connectivity index (χ3n) is 3.25. The largest absolute Gasteiger partial charge is 0.447 e. The minimum Gasteiger partial charge on any atom is -0.447 e. The van der Waals surface area contributed by atoms with E-state index in [1.807, 2.05) is 35.7 Å². The van der Waals surface area contributed by atoms with E-state index in [4.69, 9.17) is 4.74 Å². The number of anilines is 1. The Morgan fingerprint density at radius 3 is 2.78 bits per heavy atom. The summed E-state index contributed by atoms with van der Waals surface area (Å²) in [6.07, 6.45) is -0.319. The van der Waals surface area contributed by atoms with Gasteiger partial charge in [0, 0.05) is 11.3 Å². The lowest BCUT2D eigenvalue weighted by Crippen LogP contribution is -2.23. The number of hydrogen-bond acceptors (Lipinski definition) is 4. The van der Waals surface area contributed by atoms with Gasteiger partial charge in [0.2, 0.25) is 0 Å².